The number of ether oxygens (including phenoxy) is 2. The van der Waals surface area contributed by atoms with E-state index in [1.165, 1.54) is 7.11 Å². The second-order valence-electron chi connectivity index (χ2n) is 6.24. The van der Waals surface area contributed by atoms with E-state index in [0.717, 1.165) is 22.6 Å². The van der Waals surface area contributed by atoms with Crippen molar-refractivity contribution in [2.24, 2.45) is 0 Å². The summed E-state index contributed by atoms with van der Waals surface area (Å²) in [6, 6.07) is 12.4. The number of nitrogens with one attached hydrogen (secondary N) is 1. The molecule has 2 aromatic carbocycles. The van der Waals surface area contributed by atoms with Crippen LogP contribution in [-0.2, 0) is 4.74 Å². The van der Waals surface area contributed by atoms with E-state index in [0.29, 0.717) is 16.0 Å². The van der Waals surface area contributed by atoms with Gasteiger partial charge in [-0.1, -0.05) is 29.3 Å². The molecular formula is C20H16Cl2N4O3. The molecule has 0 saturated heterocycles. The van der Waals surface area contributed by atoms with Crippen LogP contribution in [0.15, 0.2) is 48.5 Å². The third-order valence-electron chi connectivity index (χ3n) is 4.52. The minimum Gasteiger partial charge on any atom is -0.497 e. The summed E-state index contributed by atoms with van der Waals surface area (Å²) in [6.07, 6.45) is 1.96. The van der Waals surface area contributed by atoms with Crippen molar-refractivity contribution >= 4 is 40.8 Å². The van der Waals surface area contributed by atoms with Crippen LogP contribution in [0.5, 0.6) is 5.75 Å². The van der Waals surface area contributed by atoms with E-state index in [2.05, 4.69) is 15.4 Å². The fraction of sp³-hybridized carbons (Fsp3) is 0.150. The molecule has 1 N–H and O–H groups in total. The third kappa shape index (κ3) is 3.66. The van der Waals surface area contributed by atoms with Gasteiger partial charge in [-0.15, -0.1) is 5.10 Å². The highest BCUT2D eigenvalue weighted by Crippen LogP contribution is 2.36. The lowest BCUT2D eigenvalue weighted by Crippen LogP contribution is -2.20. The maximum atomic E-state index is 11.9. The van der Waals surface area contributed by atoms with E-state index in [-0.39, 0.29) is 5.82 Å². The average molecular weight is 431 g/mol. The normalized spacial score (nSPS) is 15.2. The molecule has 0 saturated carbocycles. The molecule has 1 aliphatic heterocycles. The number of aromatic nitrogens is 3. The first-order valence-corrected chi connectivity index (χ1v) is 9.39. The molecule has 7 nitrogen and oxygen atoms in total. The maximum absolute atomic E-state index is 11.9. The molecule has 148 valence electrons. The first-order chi connectivity index (χ1) is 14.0. The Bertz CT molecular complexity index is 1110. The quantitative estimate of drug-likeness (QED) is 0.616. The molecule has 0 spiro atoms. The first kappa shape index (κ1) is 19.3. The van der Waals surface area contributed by atoms with Gasteiger partial charge in [-0.2, -0.15) is 4.98 Å². The number of allylic oxidation sites excluding steroid dienone is 1. The lowest BCUT2D eigenvalue weighted by atomic mass is 10.0. The van der Waals surface area contributed by atoms with Gasteiger partial charge in [0.05, 0.1) is 14.2 Å². The van der Waals surface area contributed by atoms with Crippen LogP contribution in [0.1, 0.15) is 27.8 Å². The molecule has 0 aliphatic carbocycles. The number of benzene rings is 2. The van der Waals surface area contributed by atoms with Crippen LogP contribution < -0.4 is 10.1 Å². The van der Waals surface area contributed by atoms with Gasteiger partial charge in [0, 0.05) is 15.7 Å². The Morgan fingerprint density at radius 2 is 1.90 bits per heavy atom. The van der Waals surface area contributed by atoms with E-state index >= 15 is 0 Å². The predicted molar refractivity (Wildman–Crippen MR) is 111 cm³/mol. The summed E-state index contributed by atoms with van der Waals surface area (Å²) < 4.78 is 11.6. The zero-order chi connectivity index (χ0) is 20.5. The van der Waals surface area contributed by atoms with Crippen LogP contribution in [0, 0.1) is 0 Å². The van der Waals surface area contributed by atoms with Crippen LogP contribution in [-0.4, -0.2) is 35.0 Å². The summed E-state index contributed by atoms with van der Waals surface area (Å²) in [5.74, 6) is 0.475. The van der Waals surface area contributed by atoms with E-state index < -0.39 is 12.0 Å². The number of hydrogen-bond donors (Lipinski definition) is 1. The van der Waals surface area contributed by atoms with Gasteiger partial charge in [0.1, 0.15) is 11.8 Å². The van der Waals surface area contributed by atoms with Crippen molar-refractivity contribution in [2.45, 2.75) is 6.04 Å². The number of fused-ring (bicyclic) bond motifs is 1. The molecule has 1 atom stereocenters. The Balaban J connectivity index is 1.83. The van der Waals surface area contributed by atoms with Gasteiger partial charge < -0.3 is 14.8 Å². The summed E-state index contributed by atoms with van der Waals surface area (Å²) in [5, 5.41) is 8.54. The smallest absolute Gasteiger partial charge is 0.378 e. The zero-order valence-electron chi connectivity index (χ0n) is 15.5. The summed E-state index contributed by atoms with van der Waals surface area (Å²) in [5.41, 5.74) is 2.47. The lowest BCUT2D eigenvalue weighted by Gasteiger charge is -2.25. The summed E-state index contributed by atoms with van der Waals surface area (Å²) in [7, 11) is 2.90. The zero-order valence-corrected chi connectivity index (χ0v) is 17.0. The highest BCUT2D eigenvalue weighted by Gasteiger charge is 2.28. The third-order valence-corrected chi connectivity index (χ3v) is 5.08. The summed E-state index contributed by atoms with van der Waals surface area (Å²) in [4.78, 5) is 16.2. The molecule has 29 heavy (non-hydrogen) atoms. The van der Waals surface area contributed by atoms with E-state index in [1.807, 2.05) is 36.4 Å². The molecule has 9 heteroatoms. The van der Waals surface area contributed by atoms with Crippen LogP contribution >= 0.6 is 23.2 Å². The second-order valence-corrected chi connectivity index (χ2v) is 7.08. The van der Waals surface area contributed by atoms with Crippen molar-refractivity contribution in [3.05, 3.63) is 75.5 Å². The van der Waals surface area contributed by atoms with Crippen molar-refractivity contribution < 1.29 is 14.3 Å². The standard InChI is InChI=1S/C20H16Cl2N4O3/c1-28-13-6-3-11(4-7-13)16-10-17(14-8-5-12(21)9-15(14)22)26-20(23-16)24-18(25-26)19(27)29-2/h3-10,17H,1-2H3,(H,23,24,25)/t17-/m0/s1. The average Bonchev–Trinajstić information content (AvgIpc) is 3.17. The van der Waals surface area contributed by atoms with Crippen molar-refractivity contribution in [1.82, 2.24) is 14.8 Å². The van der Waals surface area contributed by atoms with Gasteiger partial charge in [0.15, 0.2) is 0 Å². The topological polar surface area (TPSA) is 78.3 Å². The SMILES string of the molecule is COC(=O)c1nc2n(n1)[C@H](c1ccc(Cl)cc1Cl)C=C(c1ccc(OC)cc1)N2. The second kappa shape index (κ2) is 7.77. The Labute approximate surface area is 176 Å². The van der Waals surface area contributed by atoms with Gasteiger partial charge in [-0.3, -0.25) is 0 Å². The number of methoxy groups -OCH3 is 2. The predicted octanol–water partition coefficient (Wildman–Crippen LogP) is 4.44. The number of hydrogen-bond acceptors (Lipinski definition) is 6. The lowest BCUT2D eigenvalue weighted by molar-refractivity contribution is 0.0586. The number of nitrogens with zero attached hydrogens (tertiary/aromatic N) is 3. The molecule has 0 bridgehead atoms. The summed E-state index contributed by atoms with van der Waals surface area (Å²) >= 11 is 12.5. The minimum atomic E-state index is -0.624. The molecular weight excluding hydrogens is 415 g/mol. The van der Waals surface area contributed by atoms with Gasteiger partial charge in [-0.25, -0.2) is 9.48 Å². The molecule has 2 heterocycles. The number of carbonyl (C=O) groups excluding carboxylic acids is 1. The fourth-order valence-corrected chi connectivity index (χ4v) is 3.59. The molecule has 4 rings (SSSR count). The number of esters is 1. The molecule has 0 unspecified atom stereocenters. The molecule has 1 aliphatic rings. The minimum absolute atomic E-state index is 0.0468. The van der Waals surface area contributed by atoms with Gasteiger partial charge in [0.25, 0.3) is 5.82 Å². The van der Waals surface area contributed by atoms with Gasteiger partial charge >= 0.3 is 5.97 Å². The molecule has 1 aromatic heterocycles. The van der Waals surface area contributed by atoms with E-state index in [9.17, 15) is 4.79 Å². The first-order valence-electron chi connectivity index (χ1n) is 8.63. The van der Waals surface area contributed by atoms with Crippen LogP contribution in [0.2, 0.25) is 10.0 Å². The Hall–Kier alpha value is -3.03. The number of halogens is 2. The molecule has 0 radical (unpaired) electrons. The molecule has 0 amide bonds. The van der Waals surface area contributed by atoms with Crippen molar-refractivity contribution in [2.75, 3.05) is 19.5 Å². The largest absolute Gasteiger partial charge is 0.497 e. The summed E-state index contributed by atoms with van der Waals surface area (Å²) in [6.45, 7) is 0. The van der Waals surface area contributed by atoms with Gasteiger partial charge in [-0.05, 0) is 53.6 Å². The van der Waals surface area contributed by atoms with Crippen molar-refractivity contribution in [1.29, 1.82) is 0 Å². The highest BCUT2D eigenvalue weighted by atomic mass is 35.5. The molecule has 0 fully saturated rings. The van der Waals surface area contributed by atoms with E-state index in [1.54, 1.807) is 23.9 Å². The molecule has 3 aromatic rings. The number of carbonyl (C=O) groups is 1. The Morgan fingerprint density at radius 1 is 1.14 bits per heavy atom. The van der Waals surface area contributed by atoms with Crippen LogP contribution in [0.3, 0.4) is 0 Å². The van der Waals surface area contributed by atoms with E-state index in [4.69, 9.17) is 32.7 Å². The van der Waals surface area contributed by atoms with Crippen molar-refractivity contribution in [3.63, 3.8) is 0 Å². The Morgan fingerprint density at radius 3 is 2.55 bits per heavy atom. The fourth-order valence-electron chi connectivity index (χ4n) is 3.07. The number of rotatable bonds is 4. The van der Waals surface area contributed by atoms with Crippen molar-refractivity contribution in [3.8, 4) is 5.75 Å². The number of anilines is 1. The Kier molecular flexibility index (Phi) is 5.17. The van der Waals surface area contributed by atoms with Crippen LogP contribution in [0.4, 0.5) is 5.95 Å². The van der Waals surface area contributed by atoms with Gasteiger partial charge in [0.2, 0.25) is 5.95 Å². The highest BCUT2D eigenvalue weighted by molar-refractivity contribution is 6.35. The maximum Gasteiger partial charge on any atom is 0.378 e. The van der Waals surface area contributed by atoms with Crippen LogP contribution in [0.25, 0.3) is 5.70 Å². The monoisotopic (exact) mass is 430 g/mol.